The minimum Gasteiger partial charge on any atom is -0.459 e. The number of carbonyl (C=O) groups excluding carboxylic acids is 1. The number of rotatable bonds is 5. The fourth-order valence-corrected chi connectivity index (χ4v) is 0.626. The molecule has 0 radical (unpaired) electrons. The van der Waals surface area contributed by atoms with Gasteiger partial charge in [0.05, 0.1) is 6.10 Å². The molecule has 0 saturated carbocycles. The maximum absolute atomic E-state index is 11.1. The van der Waals surface area contributed by atoms with Gasteiger partial charge in [-0.2, -0.15) is 0 Å². The molecule has 72 valence electrons. The third-order valence-corrected chi connectivity index (χ3v) is 1.51. The summed E-state index contributed by atoms with van der Waals surface area (Å²) < 4.78 is 14.4. The Bertz CT molecular complexity index is 131. The lowest BCUT2D eigenvalue weighted by atomic mass is 10.3. The molecule has 0 aliphatic rings. The SMILES string of the molecule is CCC(C)OC(=O)C(OC)OC. The Morgan fingerprint density at radius 1 is 1.33 bits per heavy atom. The molecule has 0 spiro atoms. The second-order valence-electron chi connectivity index (χ2n) is 2.46. The third kappa shape index (κ3) is 3.69. The van der Waals surface area contributed by atoms with Crippen molar-refractivity contribution in [1.29, 1.82) is 0 Å². The Morgan fingerprint density at radius 3 is 2.17 bits per heavy atom. The molecule has 0 aromatic heterocycles. The first-order chi connectivity index (χ1) is 5.65. The summed E-state index contributed by atoms with van der Waals surface area (Å²) in [5, 5.41) is 0. The van der Waals surface area contributed by atoms with E-state index in [2.05, 4.69) is 0 Å². The van der Waals surface area contributed by atoms with Gasteiger partial charge < -0.3 is 14.2 Å². The van der Waals surface area contributed by atoms with Crippen molar-refractivity contribution in [3.8, 4) is 0 Å². The fraction of sp³-hybridized carbons (Fsp3) is 0.875. The molecular weight excluding hydrogens is 160 g/mol. The van der Waals surface area contributed by atoms with Gasteiger partial charge in [-0.15, -0.1) is 0 Å². The van der Waals surface area contributed by atoms with Crippen LogP contribution in [0.5, 0.6) is 0 Å². The van der Waals surface area contributed by atoms with Gasteiger partial charge in [0.15, 0.2) is 0 Å². The minimum atomic E-state index is -0.904. The summed E-state index contributed by atoms with van der Waals surface area (Å²) in [6, 6.07) is 0. The Kier molecular flexibility index (Phi) is 5.66. The summed E-state index contributed by atoms with van der Waals surface area (Å²) in [5.74, 6) is -0.477. The average molecular weight is 176 g/mol. The lowest BCUT2D eigenvalue weighted by Crippen LogP contribution is -2.29. The normalized spacial score (nSPS) is 13.1. The van der Waals surface area contributed by atoms with Crippen molar-refractivity contribution in [2.75, 3.05) is 14.2 Å². The van der Waals surface area contributed by atoms with Crippen LogP contribution in [0, 0.1) is 0 Å². The van der Waals surface area contributed by atoms with Crippen LogP contribution in [0.4, 0.5) is 0 Å². The molecule has 0 aromatic carbocycles. The Labute approximate surface area is 72.8 Å². The summed E-state index contributed by atoms with van der Waals surface area (Å²) in [6.45, 7) is 3.76. The first kappa shape index (κ1) is 11.4. The Hall–Kier alpha value is -0.610. The van der Waals surface area contributed by atoms with Gasteiger partial charge in [0.2, 0.25) is 0 Å². The predicted molar refractivity (Wildman–Crippen MR) is 43.7 cm³/mol. The first-order valence-corrected chi connectivity index (χ1v) is 3.91. The lowest BCUT2D eigenvalue weighted by molar-refractivity contribution is -0.188. The molecule has 0 bridgehead atoms. The van der Waals surface area contributed by atoms with Gasteiger partial charge in [0.25, 0.3) is 6.29 Å². The monoisotopic (exact) mass is 176 g/mol. The van der Waals surface area contributed by atoms with E-state index in [1.807, 2.05) is 13.8 Å². The van der Waals surface area contributed by atoms with E-state index in [0.717, 1.165) is 6.42 Å². The van der Waals surface area contributed by atoms with Crippen LogP contribution >= 0.6 is 0 Å². The van der Waals surface area contributed by atoms with E-state index < -0.39 is 12.3 Å². The largest absolute Gasteiger partial charge is 0.459 e. The highest BCUT2D eigenvalue weighted by molar-refractivity contribution is 5.73. The van der Waals surface area contributed by atoms with E-state index in [0.29, 0.717) is 0 Å². The minimum absolute atomic E-state index is 0.0923. The van der Waals surface area contributed by atoms with Gasteiger partial charge >= 0.3 is 5.97 Å². The van der Waals surface area contributed by atoms with Crippen LogP contribution in [0.1, 0.15) is 20.3 Å². The van der Waals surface area contributed by atoms with Crippen molar-refractivity contribution in [2.45, 2.75) is 32.7 Å². The van der Waals surface area contributed by atoms with Crippen molar-refractivity contribution in [2.24, 2.45) is 0 Å². The van der Waals surface area contributed by atoms with E-state index in [1.165, 1.54) is 14.2 Å². The number of carbonyl (C=O) groups is 1. The second-order valence-corrected chi connectivity index (χ2v) is 2.46. The molecular formula is C8H16O4. The molecule has 0 N–H and O–H groups in total. The van der Waals surface area contributed by atoms with E-state index in [4.69, 9.17) is 14.2 Å². The molecule has 12 heavy (non-hydrogen) atoms. The van der Waals surface area contributed by atoms with Crippen LogP contribution in [-0.2, 0) is 19.0 Å². The van der Waals surface area contributed by atoms with E-state index >= 15 is 0 Å². The van der Waals surface area contributed by atoms with E-state index in [-0.39, 0.29) is 6.10 Å². The van der Waals surface area contributed by atoms with Crippen LogP contribution in [0.15, 0.2) is 0 Å². The quantitative estimate of drug-likeness (QED) is 0.462. The van der Waals surface area contributed by atoms with Crippen LogP contribution in [-0.4, -0.2) is 32.6 Å². The topological polar surface area (TPSA) is 44.8 Å². The number of hydrogen-bond donors (Lipinski definition) is 0. The molecule has 0 aliphatic heterocycles. The number of ether oxygens (including phenoxy) is 3. The van der Waals surface area contributed by atoms with Crippen LogP contribution in [0.25, 0.3) is 0 Å². The maximum atomic E-state index is 11.1. The lowest BCUT2D eigenvalue weighted by Gasteiger charge is -2.15. The molecule has 0 rings (SSSR count). The van der Waals surface area contributed by atoms with Crippen molar-refractivity contribution >= 4 is 5.97 Å². The summed E-state index contributed by atoms with van der Waals surface area (Å²) in [5.41, 5.74) is 0. The standard InChI is InChI=1S/C8H16O4/c1-5-6(2)12-7(9)8(10-3)11-4/h6,8H,5H2,1-4H3. The molecule has 4 nitrogen and oxygen atoms in total. The molecule has 1 unspecified atom stereocenters. The number of methoxy groups -OCH3 is 2. The van der Waals surface area contributed by atoms with E-state index in [9.17, 15) is 4.79 Å². The van der Waals surface area contributed by atoms with Gasteiger partial charge in [-0.3, -0.25) is 0 Å². The summed E-state index contributed by atoms with van der Waals surface area (Å²) >= 11 is 0. The molecule has 1 atom stereocenters. The Balaban J connectivity index is 3.84. The zero-order valence-corrected chi connectivity index (χ0v) is 7.99. The molecule has 0 aliphatic carbocycles. The van der Waals surface area contributed by atoms with Crippen molar-refractivity contribution < 1.29 is 19.0 Å². The van der Waals surface area contributed by atoms with Crippen molar-refractivity contribution in [3.63, 3.8) is 0 Å². The highest BCUT2D eigenvalue weighted by atomic mass is 16.7. The molecule has 0 saturated heterocycles. The van der Waals surface area contributed by atoms with Crippen molar-refractivity contribution in [1.82, 2.24) is 0 Å². The van der Waals surface area contributed by atoms with Gasteiger partial charge in [-0.05, 0) is 13.3 Å². The molecule has 0 fully saturated rings. The highest BCUT2D eigenvalue weighted by Gasteiger charge is 2.19. The average Bonchev–Trinajstić information content (AvgIpc) is 2.06. The molecule has 4 heteroatoms. The van der Waals surface area contributed by atoms with Gasteiger partial charge in [-0.25, -0.2) is 4.79 Å². The highest BCUT2D eigenvalue weighted by Crippen LogP contribution is 2.01. The van der Waals surface area contributed by atoms with Crippen LogP contribution < -0.4 is 0 Å². The zero-order chi connectivity index (χ0) is 9.56. The van der Waals surface area contributed by atoms with Crippen LogP contribution in [0.2, 0.25) is 0 Å². The van der Waals surface area contributed by atoms with E-state index in [1.54, 1.807) is 0 Å². The number of esters is 1. The predicted octanol–water partition coefficient (Wildman–Crippen LogP) is 0.947. The summed E-state index contributed by atoms with van der Waals surface area (Å²) in [6.07, 6.45) is -0.212. The maximum Gasteiger partial charge on any atom is 0.363 e. The summed E-state index contributed by atoms with van der Waals surface area (Å²) in [7, 11) is 2.79. The zero-order valence-electron chi connectivity index (χ0n) is 7.99. The molecule has 0 aromatic rings. The van der Waals surface area contributed by atoms with Crippen molar-refractivity contribution in [3.05, 3.63) is 0 Å². The smallest absolute Gasteiger partial charge is 0.363 e. The third-order valence-electron chi connectivity index (χ3n) is 1.51. The second kappa shape index (κ2) is 5.97. The number of hydrogen-bond acceptors (Lipinski definition) is 4. The fourth-order valence-electron chi connectivity index (χ4n) is 0.626. The van der Waals surface area contributed by atoms with Crippen LogP contribution in [0.3, 0.4) is 0 Å². The first-order valence-electron chi connectivity index (χ1n) is 3.91. The summed E-state index contributed by atoms with van der Waals surface area (Å²) in [4.78, 5) is 11.1. The van der Waals surface area contributed by atoms with Gasteiger partial charge in [0.1, 0.15) is 0 Å². The molecule has 0 amide bonds. The van der Waals surface area contributed by atoms with Gasteiger partial charge in [0, 0.05) is 14.2 Å². The Morgan fingerprint density at radius 2 is 1.83 bits per heavy atom. The molecule has 0 heterocycles. The van der Waals surface area contributed by atoms with Gasteiger partial charge in [-0.1, -0.05) is 6.92 Å².